The van der Waals surface area contributed by atoms with Gasteiger partial charge in [-0.05, 0) is 88.6 Å². The Kier molecular flexibility index (Phi) is 4.62. The van der Waals surface area contributed by atoms with Crippen LogP contribution in [0.3, 0.4) is 0 Å². The lowest BCUT2D eigenvalue weighted by atomic mass is 9.68. The van der Waals surface area contributed by atoms with Crippen molar-refractivity contribution in [3.63, 3.8) is 0 Å². The molecule has 3 fully saturated rings. The lowest BCUT2D eigenvalue weighted by Gasteiger charge is -2.41. The van der Waals surface area contributed by atoms with Crippen molar-refractivity contribution in [1.82, 2.24) is 20.1 Å². The maximum atomic E-state index is 13.0. The lowest BCUT2D eigenvalue weighted by molar-refractivity contribution is -0.0512. The Morgan fingerprint density at radius 3 is 2.64 bits per heavy atom. The van der Waals surface area contributed by atoms with E-state index in [0.717, 1.165) is 77.1 Å². The molecule has 3 N–H and O–H groups in total. The molecule has 4 aromatic rings. The summed E-state index contributed by atoms with van der Waals surface area (Å²) < 4.78 is 5.51. The number of nitrogens with zero attached hydrogens (tertiary/aromatic N) is 3. The van der Waals surface area contributed by atoms with Crippen LogP contribution in [0, 0.1) is 31.1 Å². The molecular formula is C29H32N4O3. The van der Waals surface area contributed by atoms with Crippen LogP contribution in [0.2, 0.25) is 0 Å². The van der Waals surface area contributed by atoms with E-state index in [1.54, 1.807) is 6.20 Å². The van der Waals surface area contributed by atoms with E-state index in [9.17, 15) is 10.2 Å². The number of aromatic amines is 1. The Morgan fingerprint density at radius 1 is 1.17 bits per heavy atom. The third-order valence-corrected chi connectivity index (χ3v) is 9.29. The van der Waals surface area contributed by atoms with E-state index in [1.165, 1.54) is 0 Å². The fraction of sp³-hybridized carbons (Fsp3) is 0.483. The summed E-state index contributed by atoms with van der Waals surface area (Å²) in [5, 5.41) is 28.2. The van der Waals surface area contributed by atoms with E-state index in [2.05, 4.69) is 22.3 Å². The highest BCUT2D eigenvalue weighted by Crippen LogP contribution is 2.72. The zero-order valence-corrected chi connectivity index (χ0v) is 21.0. The molecule has 3 aromatic heterocycles. The molecule has 36 heavy (non-hydrogen) atoms. The second-order valence-electron chi connectivity index (χ2n) is 11.3. The number of aliphatic hydroxyl groups is 2. The van der Waals surface area contributed by atoms with Crippen LogP contribution in [0.25, 0.3) is 22.2 Å². The van der Waals surface area contributed by atoms with E-state index >= 15 is 0 Å². The molecule has 7 rings (SSSR count). The molecule has 0 saturated heterocycles. The van der Waals surface area contributed by atoms with E-state index in [-0.39, 0.29) is 11.3 Å². The van der Waals surface area contributed by atoms with E-state index in [4.69, 9.17) is 14.5 Å². The molecule has 5 unspecified atom stereocenters. The predicted molar refractivity (Wildman–Crippen MR) is 135 cm³/mol. The molecule has 3 aliphatic rings. The Morgan fingerprint density at radius 2 is 2.00 bits per heavy atom. The first kappa shape index (κ1) is 22.2. The monoisotopic (exact) mass is 484 g/mol. The van der Waals surface area contributed by atoms with Gasteiger partial charge in [0, 0.05) is 34.6 Å². The summed E-state index contributed by atoms with van der Waals surface area (Å²) >= 11 is 0. The van der Waals surface area contributed by atoms with Gasteiger partial charge in [0.2, 0.25) is 0 Å². The van der Waals surface area contributed by atoms with Crippen LogP contribution in [-0.2, 0) is 5.60 Å². The van der Waals surface area contributed by atoms with Gasteiger partial charge in [-0.1, -0.05) is 11.2 Å². The van der Waals surface area contributed by atoms with Crippen molar-refractivity contribution in [2.45, 2.75) is 70.5 Å². The summed E-state index contributed by atoms with van der Waals surface area (Å²) in [6, 6.07) is 9.87. The van der Waals surface area contributed by atoms with Gasteiger partial charge in [0.15, 0.2) is 0 Å². The third kappa shape index (κ3) is 2.96. The van der Waals surface area contributed by atoms with Crippen molar-refractivity contribution in [1.29, 1.82) is 0 Å². The third-order valence-electron chi connectivity index (χ3n) is 9.29. The normalized spacial score (nSPS) is 27.7. The Labute approximate surface area is 210 Å². The van der Waals surface area contributed by atoms with Crippen molar-refractivity contribution in [2.75, 3.05) is 0 Å². The number of aromatic nitrogens is 4. The summed E-state index contributed by atoms with van der Waals surface area (Å²) in [5.74, 6) is 2.42. The van der Waals surface area contributed by atoms with Crippen LogP contribution in [0.5, 0.6) is 0 Å². The van der Waals surface area contributed by atoms with E-state index in [0.29, 0.717) is 17.5 Å². The highest BCUT2D eigenvalue weighted by atomic mass is 16.5. The van der Waals surface area contributed by atoms with Crippen LogP contribution in [0.1, 0.15) is 73.5 Å². The molecule has 0 amide bonds. The highest BCUT2D eigenvalue weighted by Gasteiger charge is 2.70. The number of pyridine rings is 1. The molecule has 0 spiro atoms. The highest BCUT2D eigenvalue weighted by molar-refractivity contribution is 5.87. The van der Waals surface area contributed by atoms with Gasteiger partial charge in [-0.15, -0.1) is 0 Å². The second-order valence-corrected chi connectivity index (χ2v) is 11.3. The zero-order valence-electron chi connectivity index (χ0n) is 21.0. The number of nitrogens with one attached hydrogen (secondary N) is 1. The van der Waals surface area contributed by atoms with Crippen molar-refractivity contribution in [2.24, 2.45) is 17.3 Å². The number of hydrogen-bond donors (Lipinski definition) is 3. The van der Waals surface area contributed by atoms with Gasteiger partial charge in [-0.3, -0.25) is 4.98 Å². The molecule has 1 aromatic carbocycles. The SMILES string of the molecule is Cc1noc(C)c1-c1cc(C(O)(c2ccccn2)C2CCC3CC32C(C)O)c2nc(C3CC3)[nH]c2c1. The number of aliphatic hydroxyl groups excluding tert-OH is 1. The van der Waals surface area contributed by atoms with Crippen LogP contribution in [-0.4, -0.2) is 36.4 Å². The first-order valence-electron chi connectivity index (χ1n) is 13.1. The van der Waals surface area contributed by atoms with Gasteiger partial charge < -0.3 is 19.7 Å². The number of imidazole rings is 1. The van der Waals surface area contributed by atoms with Gasteiger partial charge >= 0.3 is 0 Å². The summed E-state index contributed by atoms with van der Waals surface area (Å²) in [4.78, 5) is 13.3. The molecule has 186 valence electrons. The summed E-state index contributed by atoms with van der Waals surface area (Å²) in [7, 11) is 0. The zero-order chi connectivity index (χ0) is 24.8. The van der Waals surface area contributed by atoms with Gasteiger partial charge in [0.1, 0.15) is 17.2 Å². The Bertz CT molecular complexity index is 1450. The standard InChI is InChI=1S/C29H32N4O3/c1-15-25(16(2)36-33-15)19-12-21(26-22(13-19)31-27(32-26)18-7-8-18)29(35,24-6-4-5-11-30-24)23-10-9-20-14-28(20,23)17(3)34/h4-6,11-13,17-18,20,23,34-35H,7-10,14H2,1-3H3,(H,31,32). The van der Waals surface area contributed by atoms with Crippen LogP contribution in [0.4, 0.5) is 0 Å². The Balaban J connectivity index is 1.53. The number of rotatable bonds is 6. The molecule has 0 aliphatic heterocycles. The fourth-order valence-corrected chi connectivity index (χ4v) is 7.31. The molecule has 0 bridgehead atoms. The molecule has 5 atom stereocenters. The molecule has 3 saturated carbocycles. The summed E-state index contributed by atoms with van der Waals surface area (Å²) in [5.41, 5.74) is 3.99. The number of H-pyrrole nitrogens is 1. The summed E-state index contributed by atoms with van der Waals surface area (Å²) in [6.45, 7) is 5.74. The largest absolute Gasteiger partial charge is 0.393 e. The predicted octanol–water partition coefficient (Wildman–Crippen LogP) is 5.14. The minimum Gasteiger partial charge on any atom is -0.393 e. The second kappa shape index (κ2) is 7.49. The first-order chi connectivity index (χ1) is 17.3. The smallest absolute Gasteiger partial charge is 0.141 e. The fourth-order valence-electron chi connectivity index (χ4n) is 7.31. The van der Waals surface area contributed by atoms with Gasteiger partial charge in [-0.2, -0.15) is 0 Å². The van der Waals surface area contributed by atoms with Crippen molar-refractivity contribution >= 4 is 11.0 Å². The minimum absolute atomic E-state index is 0.172. The molecular weight excluding hydrogens is 452 g/mol. The number of aryl methyl sites for hydroxylation is 2. The average molecular weight is 485 g/mol. The van der Waals surface area contributed by atoms with Crippen molar-refractivity contribution in [3.8, 4) is 11.1 Å². The van der Waals surface area contributed by atoms with Crippen molar-refractivity contribution < 1.29 is 14.7 Å². The number of fused-ring (bicyclic) bond motifs is 2. The summed E-state index contributed by atoms with van der Waals surface area (Å²) in [6.07, 6.45) is 6.27. The number of hydrogen-bond acceptors (Lipinski definition) is 6. The topological polar surface area (TPSA) is 108 Å². The molecule has 3 heterocycles. The Hall–Kier alpha value is -3.03. The van der Waals surface area contributed by atoms with Gasteiger partial charge in [-0.25, -0.2) is 4.98 Å². The maximum absolute atomic E-state index is 13.0. The minimum atomic E-state index is -1.41. The van der Waals surface area contributed by atoms with Crippen molar-refractivity contribution in [3.05, 3.63) is 65.1 Å². The molecule has 7 nitrogen and oxygen atoms in total. The first-order valence-corrected chi connectivity index (χ1v) is 13.1. The quantitative estimate of drug-likeness (QED) is 0.350. The molecule has 3 aliphatic carbocycles. The van der Waals surface area contributed by atoms with E-state index in [1.807, 2.05) is 39.0 Å². The average Bonchev–Trinajstić information content (AvgIpc) is 3.74. The van der Waals surface area contributed by atoms with Crippen LogP contribution >= 0.6 is 0 Å². The van der Waals surface area contributed by atoms with Gasteiger partial charge in [0.25, 0.3) is 0 Å². The maximum Gasteiger partial charge on any atom is 0.141 e. The number of benzene rings is 1. The van der Waals surface area contributed by atoms with Crippen LogP contribution < -0.4 is 0 Å². The van der Waals surface area contributed by atoms with E-state index < -0.39 is 11.7 Å². The lowest BCUT2D eigenvalue weighted by Crippen LogP contribution is -2.44. The molecule has 7 heteroatoms. The van der Waals surface area contributed by atoms with Crippen LogP contribution in [0.15, 0.2) is 41.1 Å². The van der Waals surface area contributed by atoms with Gasteiger partial charge in [0.05, 0.1) is 28.5 Å². The molecule has 0 radical (unpaired) electrons.